The number of hydrogen-bond acceptors (Lipinski definition) is 4. The molecule has 0 aliphatic carbocycles. The second kappa shape index (κ2) is 9.82. The summed E-state index contributed by atoms with van der Waals surface area (Å²) in [6.07, 6.45) is 1.38. The predicted octanol–water partition coefficient (Wildman–Crippen LogP) is 2.52. The van der Waals surface area contributed by atoms with E-state index in [1.807, 2.05) is 29.2 Å². The van der Waals surface area contributed by atoms with Crippen LogP contribution in [0.4, 0.5) is 5.69 Å². The number of anilines is 1. The fourth-order valence-corrected chi connectivity index (χ4v) is 3.43. The van der Waals surface area contributed by atoms with Gasteiger partial charge in [0.25, 0.3) is 0 Å². The molecule has 154 valence electrons. The largest absolute Gasteiger partial charge is 0.493 e. The van der Waals surface area contributed by atoms with Gasteiger partial charge in [0.05, 0.1) is 14.2 Å². The molecule has 1 aliphatic rings. The molecule has 0 spiro atoms. The van der Waals surface area contributed by atoms with Gasteiger partial charge in [-0.2, -0.15) is 0 Å². The Labute approximate surface area is 171 Å². The summed E-state index contributed by atoms with van der Waals surface area (Å²) < 4.78 is 10.5. The van der Waals surface area contributed by atoms with Gasteiger partial charge in [0.2, 0.25) is 5.91 Å². The minimum absolute atomic E-state index is 0.184. The van der Waals surface area contributed by atoms with E-state index in [1.165, 1.54) is 5.56 Å². The number of carbonyl (C=O) groups is 1. The van der Waals surface area contributed by atoms with Crippen molar-refractivity contribution < 1.29 is 14.3 Å². The standard InChI is InChI=1S/C22H28N4O3/c1-28-19-9-8-18(13-20(19)29-2)25-22(23)24-14-17-12-21(27)26(15-17)11-10-16-6-4-3-5-7-16/h3-9,13,17H,10-12,14-15H2,1-2H3,(H3,23,24,25). The van der Waals surface area contributed by atoms with Crippen LogP contribution in [0.2, 0.25) is 0 Å². The van der Waals surface area contributed by atoms with E-state index in [4.69, 9.17) is 15.2 Å². The first-order valence-electron chi connectivity index (χ1n) is 9.69. The zero-order valence-electron chi connectivity index (χ0n) is 16.9. The third-order valence-electron chi connectivity index (χ3n) is 4.98. The van der Waals surface area contributed by atoms with Gasteiger partial charge in [-0.25, -0.2) is 0 Å². The van der Waals surface area contributed by atoms with Crippen LogP contribution >= 0.6 is 0 Å². The number of nitrogens with one attached hydrogen (secondary N) is 1. The topological polar surface area (TPSA) is 89.2 Å². The number of carbonyl (C=O) groups excluding carboxylic acids is 1. The molecule has 1 saturated heterocycles. The van der Waals surface area contributed by atoms with E-state index >= 15 is 0 Å². The number of methoxy groups -OCH3 is 2. The molecule has 2 aromatic carbocycles. The number of nitrogens with zero attached hydrogens (tertiary/aromatic N) is 2. The van der Waals surface area contributed by atoms with Crippen LogP contribution in [0.15, 0.2) is 53.5 Å². The van der Waals surface area contributed by atoms with E-state index in [9.17, 15) is 4.79 Å². The molecule has 7 nitrogen and oxygen atoms in total. The van der Waals surface area contributed by atoms with Gasteiger partial charge in [-0.1, -0.05) is 30.3 Å². The van der Waals surface area contributed by atoms with Crippen molar-refractivity contribution in [3.05, 3.63) is 54.1 Å². The average molecular weight is 396 g/mol. The number of ether oxygens (including phenoxy) is 2. The number of amides is 1. The lowest BCUT2D eigenvalue weighted by molar-refractivity contribution is -0.127. The number of hydrogen-bond donors (Lipinski definition) is 2. The van der Waals surface area contributed by atoms with Gasteiger partial charge in [0.1, 0.15) is 0 Å². The number of guanidine groups is 1. The first kappa shape index (κ1) is 20.5. The lowest BCUT2D eigenvalue weighted by Crippen LogP contribution is -2.28. The second-order valence-corrected chi connectivity index (χ2v) is 7.07. The van der Waals surface area contributed by atoms with Crippen molar-refractivity contribution in [3.63, 3.8) is 0 Å². The summed E-state index contributed by atoms with van der Waals surface area (Å²) in [5.41, 5.74) is 8.02. The van der Waals surface area contributed by atoms with Gasteiger partial charge in [-0.15, -0.1) is 0 Å². The number of likely N-dealkylation sites (tertiary alicyclic amines) is 1. The number of benzene rings is 2. The SMILES string of the molecule is COc1ccc(NC(N)=NCC2CC(=O)N(CCc3ccccc3)C2)cc1OC. The van der Waals surface area contributed by atoms with Gasteiger partial charge < -0.3 is 25.4 Å². The Kier molecular flexibility index (Phi) is 6.94. The van der Waals surface area contributed by atoms with Gasteiger partial charge in [0, 0.05) is 43.7 Å². The molecular weight excluding hydrogens is 368 g/mol. The molecule has 0 radical (unpaired) electrons. The third-order valence-corrected chi connectivity index (χ3v) is 4.98. The van der Waals surface area contributed by atoms with Crippen molar-refractivity contribution in [3.8, 4) is 11.5 Å². The van der Waals surface area contributed by atoms with Crippen molar-refractivity contribution in [2.75, 3.05) is 39.2 Å². The van der Waals surface area contributed by atoms with Crippen molar-refractivity contribution in [2.24, 2.45) is 16.6 Å². The maximum atomic E-state index is 12.3. The summed E-state index contributed by atoms with van der Waals surface area (Å²) in [7, 11) is 3.17. The molecule has 1 unspecified atom stereocenters. The molecule has 2 aromatic rings. The smallest absolute Gasteiger partial charge is 0.223 e. The zero-order valence-corrected chi connectivity index (χ0v) is 16.9. The number of aliphatic imine (C=N–C) groups is 1. The normalized spacial score (nSPS) is 16.8. The third kappa shape index (κ3) is 5.63. The lowest BCUT2D eigenvalue weighted by Gasteiger charge is -2.16. The van der Waals surface area contributed by atoms with Crippen LogP contribution in [-0.4, -0.2) is 50.6 Å². The fourth-order valence-electron chi connectivity index (χ4n) is 3.43. The number of rotatable bonds is 8. The van der Waals surface area contributed by atoms with E-state index in [1.54, 1.807) is 26.4 Å². The average Bonchev–Trinajstić information content (AvgIpc) is 3.11. The molecule has 1 atom stereocenters. The molecule has 0 saturated carbocycles. The van der Waals surface area contributed by atoms with E-state index in [0.29, 0.717) is 30.4 Å². The van der Waals surface area contributed by atoms with E-state index < -0.39 is 0 Å². The Morgan fingerprint density at radius 1 is 1.17 bits per heavy atom. The van der Waals surface area contributed by atoms with Gasteiger partial charge >= 0.3 is 0 Å². The summed E-state index contributed by atoms with van der Waals surface area (Å²) in [5, 5.41) is 3.05. The van der Waals surface area contributed by atoms with Crippen LogP contribution in [0.3, 0.4) is 0 Å². The second-order valence-electron chi connectivity index (χ2n) is 7.07. The molecule has 29 heavy (non-hydrogen) atoms. The van der Waals surface area contributed by atoms with Crippen molar-refractivity contribution >= 4 is 17.6 Å². The van der Waals surface area contributed by atoms with E-state index in [0.717, 1.165) is 25.2 Å². The molecular formula is C22H28N4O3. The molecule has 0 aromatic heterocycles. The molecule has 1 heterocycles. The highest BCUT2D eigenvalue weighted by molar-refractivity contribution is 5.92. The van der Waals surface area contributed by atoms with E-state index in [2.05, 4.69) is 22.4 Å². The van der Waals surface area contributed by atoms with Gasteiger partial charge in [-0.3, -0.25) is 9.79 Å². The van der Waals surface area contributed by atoms with Crippen LogP contribution in [0.5, 0.6) is 11.5 Å². The van der Waals surface area contributed by atoms with E-state index in [-0.39, 0.29) is 11.8 Å². The van der Waals surface area contributed by atoms with Crippen molar-refractivity contribution in [1.82, 2.24) is 4.90 Å². The van der Waals surface area contributed by atoms with Crippen LogP contribution in [-0.2, 0) is 11.2 Å². The minimum atomic E-state index is 0.184. The summed E-state index contributed by atoms with van der Waals surface area (Å²) >= 11 is 0. The highest BCUT2D eigenvalue weighted by Gasteiger charge is 2.28. The fraction of sp³-hybridized carbons (Fsp3) is 0.364. The lowest BCUT2D eigenvalue weighted by atomic mass is 10.1. The summed E-state index contributed by atoms with van der Waals surface area (Å²) in [6.45, 7) is 1.97. The zero-order chi connectivity index (χ0) is 20.6. The minimum Gasteiger partial charge on any atom is -0.493 e. The van der Waals surface area contributed by atoms with Crippen molar-refractivity contribution in [1.29, 1.82) is 0 Å². The Balaban J connectivity index is 1.50. The monoisotopic (exact) mass is 396 g/mol. The molecule has 0 bridgehead atoms. The van der Waals surface area contributed by atoms with Gasteiger partial charge in [-0.05, 0) is 24.1 Å². The van der Waals surface area contributed by atoms with Crippen LogP contribution in [0, 0.1) is 5.92 Å². The quantitative estimate of drug-likeness (QED) is 0.529. The molecule has 1 fully saturated rings. The maximum absolute atomic E-state index is 12.3. The molecule has 7 heteroatoms. The summed E-state index contributed by atoms with van der Waals surface area (Å²) in [5.74, 6) is 1.94. The molecule has 3 rings (SSSR count). The summed E-state index contributed by atoms with van der Waals surface area (Å²) in [4.78, 5) is 18.6. The predicted molar refractivity (Wildman–Crippen MR) is 114 cm³/mol. The van der Waals surface area contributed by atoms with Crippen molar-refractivity contribution in [2.45, 2.75) is 12.8 Å². The van der Waals surface area contributed by atoms with Crippen LogP contribution in [0.25, 0.3) is 0 Å². The molecule has 3 N–H and O–H groups in total. The van der Waals surface area contributed by atoms with Crippen LogP contribution < -0.4 is 20.5 Å². The highest BCUT2D eigenvalue weighted by atomic mass is 16.5. The Bertz CT molecular complexity index is 854. The molecule has 1 aliphatic heterocycles. The van der Waals surface area contributed by atoms with Crippen LogP contribution in [0.1, 0.15) is 12.0 Å². The first-order valence-corrected chi connectivity index (χ1v) is 9.69. The highest BCUT2D eigenvalue weighted by Crippen LogP contribution is 2.29. The Morgan fingerprint density at radius 2 is 1.93 bits per heavy atom. The Morgan fingerprint density at radius 3 is 2.66 bits per heavy atom. The Hall–Kier alpha value is -3.22. The number of nitrogens with two attached hydrogens (primary N) is 1. The maximum Gasteiger partial charge on any atom is 0.223 e. The molecule has 1 amide bonds. The van der Waals surface area contributed by atoms with Gasteiger partial charge in [0.15, 0.2) is 17.5 Å². The first-order chi connectivity index (χ1) is 14.1. The summed E-state index contributed by atoms with van der Waals surface area (Å²) in [6, 6.07) is 15.7.